The summed E-state index contributed by atoms with van der Waals surface area (Å²) >= 11 is 0. The number of unbranched alkanes of at least 4 members (excludes halogenated alkanes) is 21. The van der Waals surface area contributed by atoms with Crippen molar-refractivity contribution in [3.8, 4) is 0 Å². The molecule has 5 heteroatoms. The van der Waals surface area contributed by atoms with Gasteiger partial charge in [-0.25, -0.2) is 4.18 Å². The van der Waals surface area contributed by atoms with Gasteiger partial charge in [0.15, 0.2) is 0 Å². The molecule has 0 aromatic rings. The van der Waals surface area contributed by atoms with Gasteiger partial charge in [0, 0.05) is 5.92 Å². The highest BCUT2D eigenvalue weighted by Crippen LogP contribution is 2.17. The van der Waals surface area contributed by atoms with Gasteiger partial charge in [0.25, 0.3) is 0 Å². The van der Waals surface area contributed by atoms with Gasteiger partial charge in [0.1, 0.15) is 0 Å². The van der Waals surface area contributed by atoms with Crippen LogP contribution in [0.2, 0.25) is 0 Å². The lowest BCUT2D eigenvalue weighted by Crippen LogP contribution is -2.12. The molecular formula is C30H60O4S. The standard InChI is InChI=1S/C30H60O4S/c1-3-5-7-9-11-13-15-16-17-18-20-22-24-26-28-30(29-34-35(31,32)33)27-25-23-21-19-14-12-10-8-6-4-2/h25,27,30H,3-24,26,28-29H2,1-2H3,(H,31,32,33)/b27-25+. The molecule has 0 rings (SSSR count). The third-order valence-corrected chi connectivity index (χ3v) is 7.43. The average Bonchev–Trinajstić information content (AvgIpc) is 2.82. The Morgan fingerprint density at radius 3 is 1.37 bits per heavy atom. The molecule has 4 nitrogen and oxygen atoms in total. The quantitative estimate of drug-likeness (QED) is 0.0638. The van der Waals surface area contributed by atoms with Gasteiger partial charge in [0.2, 0.25) is 0 Å². The fraction of sp³-hybridized carbons (Fsp3) is 0.933. The van der Waals surface area contributed by atoms with E-state index >= 15 is 0 Å². The van der Waals surface area contributed by atoms with Crippen molar-refractivity contribution in [3.63, 3.8) is 0 Å². The van der Waals surface area contributed by atoms with Crippen molar-refractivity contribution >= 4 is 10.4 Å². The number of hydrogen-bond donors (Lipinski definition) is 1. The molecule has 0 aliphatic heterocycles. The maximum atomic E-state index is 11.0. The van der Waals surface area contributed by atoms with Crippen molar-refractivity contribution in [2.24, 2.45) is 5.92 Å². The smallest absolute Gasteiger partial charge is 0.264 e. The first-order valence-corrected chi connectivity index (χ1v) is 16.6. The van der Waals surface area contributed by atoms with Crippen molar-refractivity contribution < 1.29 is 17.2 Å². The molecule has 0 heterocycles. The van der Waals surface area contributed by atoms with Crippen molar-refractivity contribution in [1.82, 2.24) is 0 Å². The topological polar surface area (TPSA) is 63.6 Å². The molecule has 0 fully saturated rings. The Morgan fingerprint density at radius 2 is 0.971 bits per heavy atom. The Bertz CT molecular complexity index is 545. The molecule has 1 N–H and O–H groups in total. The second-order valence-corrected chi connectivity index (χ2v) is 11.6. The normalized spacial score (nSPS) is 13.1. The number of allylic oxidation sites excluding steroid dienone is 1. The summed E-state index contributed by atoms with van der Waals surface area (Å²) < 4.78 is 35.6. The average molecular weight is 517 g/mol. The van der Waals surface area contributed by atoms with E-state index in [1.54, 1.807) is 0 Å². The molecule has 0 aromatic heterocycles. The molecular weight excluding hydrogens is 456 g/mol. The van der Waals surface area contributed by atoms with E-state index in [9.17, 15) is 8.42 Å². The van der Waals surface area contributed by atoms with Crippen LogP contribution in [0, 0.1) is 5.92 Å². The van der Waals surface area contributed by atoms with E-state index in [0.717, 1.165) is 19.3 Å². The monoisotopic (exact) mass is 516 g/mol. The molecule has 0 saturated carbocycles. The summed E-state index contributed by atoms with van der Waals surface area (Å²) in [6, 6.07) is 0. The first kappa shape index (κ1) is 34.6. The molecule has 0 aliphatic carbocycles. The molecule has 0 saturated heterocycles. The van der Waals surface area contributed by atoms with Crippen LogP contribution >= 0.6 is 0 Å². The van der Waals surface area contributed by atoms with Crippen molar-refractivity contribution in [3.05, 3.63) is 12.2 Å². The molecule has 1 atom stereocenters. The molecule has 0 bridgehead atoms. The molecule has 0 spiro atoms. The summed E-state index contributed by atoms with van der Waals surface area (Å²) in [5.41, 5.74) is 0. The van der Waals surface area contributed by atoms with Crippen LogP contribution in [0.25, 0.3) is 0 Å². The predicted octanol–water partition coefficient (Wildman–Crippen LogP) is 10.4. The van der Waals surface area contributed by atoms with Gasteiger partial charge in [-0.05, 0) is 19.3 Å². The van der Waals surface area contributed by atoms with Gasteiger partial charge in [-0.3, -0.25) is 4.55 Å². The zero-order chi connectivity index (χ0) is 25.9. The Balaban J connectivity index is 3.80. The van der Waals surface area contributed by atoms with E-state index in [-0.39, 0.29) is 12.5 Å². The predicted molar refractivity (Wildman–Crippen MR) is 152 cm³/mol. The molecule has 0 radical (unpaired) electrons. The maximum Gasteiger partial charge on any atom is 0.397 e. The van der Waals surface area contributed by atoms with Crippen LogP contribution in [0.3, 0.4) is 0 Å². The van der Waals surface area contributed by atoms with E-state index in [2.05, 4.69) is 30.2 Å². The molecule has 0 amide bonds. The van der Waals surface area contributed by atoms with Crippen molar-refractivity contribution in [2.75, 3.05) is 6.61 Å². The molecule has 0 aromatic carbocycles. The SMILES string of the molecule is CCCCCCCCCC/C=C/C(CCCCCCCCCCCCCCCC)COS(=O)(=O)O. The van der Waals surface area contributed by atoms with E-state index in [4.69, 9.17) is 4.55 Å². The first-order chi connectivity index (χ1) is 17.0. The van der Waals surface area contributed by atoms with E-state index in [0.29, 0.717) is 0 Å². The fourth-order valence-electron chi connectivity index (χ4n) is 4.69. The number of rotatable bonds is 28. The van der Waals surface area contributed by atoms with Crippen LogP contribution in [-0.2, 0) is 14.6 Å². The minimum Gasteiger partial charge on any atom is -0.264 e. The number of hydrogen-bond acceptors (Lipinski definition) is 3. The van der Waals surface area contributed by atoms with Crippen molar-refractivity contribution in [2.45, 2.75) is 168 Å². The molecule has 0 aliphatic rings. The van der Waals surface area contributed by atoms with Crippen LogP contribution in [0.15, 0.2) is 12.2 Å². The molecule has 210 valence electrons. The maximum absolute atomic E-state index is 11.0. The van der Waals surface area contributed by atoms with Gasteiger partial charge in [-0.2, -0.15) is 8.42 Å². The highest BCUT2D eigenvalue weighted by atomic mass is 32.3. The summed E-state index contributed by atoms with van der Waals surface area (Å²) in [5.74, 6) is 0.0586. The third kappa shape index (κ3) is 29.7. The van der Waals surface area contributed by atoms with Gasteiger partial charge in [-0.1, -0.05) is 161 Å². The minimum atomic E-state index is -4.36. The van der Waals surface area contributed by atoms with Gasteiger partial charge >= 0.3 is 10.4 Å². The Labute approximate surface area is 220 Å². The Morgan fingerprint density at radius 1 is 0.600 bits per heavy atom. The van der Waals surface area contributed by atoms with E-state index < -0.39 is 10.4 Å². The van der Waals surface area contributed by atoms with Crippen molar-refractivity contribution in [1.29, 1.82) is 0 Å². The lowest BCUT2D eigenvalue weighted by atomic mass is 9.99. The highest BCUT2D eigenvalue weighted by molar-refractivity contribution is 7.80. The van der Waals surface area contributed by atoms with Crippen LogP contribution in [0.4, 0.5) is 0 Å². The second-order valence-electron chi connectivity index (χ2n) is 10.5. The van der Waals surface area contributed by atoms with E-state index in [1.807, 2.05) is 0 Å². The van der Waals surface area contributed by atoms with Crippen LogP contribution in [0.1, 0.15) is 168 Å². The lowest BCUT2D eigenvalue weighted by molar-refractivity contribution is 0.234. The summed E-state index contributed by atoms with van der Waals surface area (Å²) in [6.07, 6.45) is 35.4. The zero-order valence-electron chi connectivity index (χ0n) is 23.5. The zero-order valence-corrected chi connectivity index (χ0v) is 24.3. The lowest BCUT2D eigenvalue weighted by Gasteiger charge is -2.12. The second kappa shape index (κ2) is 26.7. The fourth-order valence-corrected chi connectivity index (χ4v) is 5.04. The highest BCUT2D eigenvalue weighted by Gasteiger charge is 2.11. The van der Waals surface area contributed by atoms with Crippen LogP contribution in [-0.4, -0.2) is 19.6 Å². The molecule has 35 heavy (non-hydrogen) atoms. The Hall–Kier alpha value is -0.390. The third-order valence-electron chi connectivity index (χ3n) is 6.99. The largest absolute Gasteiger partial charge is 0.397 e. The minimum absolute atomic E-state index is 0.0468. The summed E-state index contributed by atoms with van der Waals surface area (Å²) in [4.78, 5) is 0. The summed E-state index contributed by atoms with van der Waals surface area (Å²) in [5, 5.41) is 0. The molecule has 1 unspecified atom stereocenters. The van der Waals surface area contributed by atoms with E-state index in [1.165, 1.54) is 135 Å². The summed E-state index contributed by atoms with van der Waals surface area (Å²) in [6.45, 7) is 4.57. The van der Waals surface area contributed by atoms with Gasteiger partial charge < -0.3 is 0 Å². The van der Waals surface area contributed by atoms with Gasteiger partial charge in [0.05, 0.1) is 6.61 Å². The Kier molecular flexibility index (Phi) is 26.4. The summed E-state index contributed by atoms with van der Waals surface area (Å²) in [7, 11) is -4.36. The van der Waals surface area contributed by atoms with Crippen LogP contribution < -0.4 is 0 Å². The van der Waals surface area contributed by atoms with Gasteiger partial charge in [-0.15, -0.1) is 0 Å². The van der Waals surface area contributed by atoms with Crippen LogP contribution in [0.5, 0.6) is 0 Å². The first-order valence-electron chi connectivity index (χ1n) is 15.3.